The summed E-state index contributed by atoms with van der Waals surface area (Å²) in [6.45, 7) is 4.65. The molecule has 0 amide bonds. The Kier molecular flexibility index (Phi) is 3.30. The molecule has 1 unspecified atom stereocenters. The van der Waals surface area contributed by atoms with Crippen LogP contribution in [-0.4, -0.2) is 52.6 Å². The van der Waals surface area contributed by atoms with Crippen LogP contribution in [0.1, 0.15) is 11.7 Å². The number of rotatable bonds is 3. The van der Waals surface area contributed by atoms with Gasteiger partial charge in [0, 0.05) is 13.1 Å². The van der Waals surface area contributed by atoms with E-state index in [9.17, 15) is 0 Å². The summed E-state index contributed by atoms with van der Waals surface area (Å²) in [5, 5.41) is 12.7. The number of hydrogen-bond acceptors (Lipinski definition) is 6. The van der Waals surface area contributed by atoms with E-state index in [1.54, 1.807) is 6.92 Å². The Labute approximate surface area is 87.8 Å². The third-order valence-corrected chi connectivity index (χ3v) is 2.36. The van der Waals surface area contributed by atoms with Crippen molar-refractivity contribution in [1.82, 2.24) is 15.0 Å². The Hall–Kier alpha value is -0.980. The number of aromatic nitrogens is 2. The first-order valence-electron chi connectivity index (χ1n) is 5.02. The number of aliphatic hydroxyl groups excluding tert-OH is 1. The average molecular weight is 213 g/mol. The van der Waals surface area contributed by atoms with Crippen LogP contribution in [0.25, 0.3) is 0 Å². The second kappa shape index (κ2) is 4.69. The lowest BCUT2D eigenvalue weighted by Crippen LogP contribution is -2.43. The molecule has 1 aliphatic heterocycles. The third-order valence-electron chi connectivity index (χ3n) is 2.36. The summed E-state index contributed by atoms with van der Waals surface area (Å²) in [7, 11) is 0. The van der Waals surface area contributed by atoms with Gasteiger partial charge in [0.1, 0.15) is 0 Å². The molecule has 0 radical (unpaired) electrons. The van der Waals surface area contributed by atoms with Gasteiger partial charge in [0.2, 0.25) is 5.89 Å². The second-order valence-electron chi connectivity index (χ2n) is 3.65. The molecule has 1 atom stereocenters. The average Bonchev–Trinajstić information content (AvgIpc) is 2.64. The van der Waals surface area contributed by atoms with Crippen molar-refractivity contribution in [3.05, 3.63) is 11.7 Å². The number of aliphatic hydroxyl groups is 1. The van der Waals surface area contributed by atoms with E-state index >= 15 is 0 Å². The molecule has 0 aromatic carbocycles. The van der Waals surface area contributed by atoms with Crippen molar-refractivity contribution in [1.29, 1.82) is 0 Å². The molecule has 0 saturated carbocycles. The Morgan fingerprint density at radius 3 is 3.13 bits per heavy atom. The minimum absolute atomic E-state index is 0.0549. The fourth-order valence-corrected chi connectivity index (χ4v) is 1.63. The molecular formula is C9H15N3O3. The largest absolute Gasteiger partial charge is 0.394 e. The number of ether oxygens (including phenoxy) is 1. The molecule has 1 fully saturated rings. The zero-order valence-corrected chi connectivity index (χ0v) is 8.72. The predicted octanol–water partition coefficient (Wildman–Crippen LogP) is -0.429. The SMILES string of the molecule is Cc1noc(CN2CCOC(CO)C2)n1. The van der Waals surface area contributed by atoms with Crippen molar-refractivity contribution in [3.63, 3.8) is 0 Å². The van der Waals surface area contributed by atoms with E-state index < -0.39 is 0 Å². The van der Waals surface area contributed by atoms with Crippen LogP contribution in [-0.2, 0) is 11.3 Å². The van der Waals surface area contributed by atoms with E-state index in [-0.39, 0.29) is 12.7 Å². The summed E-state index contributed by atoms with van der Waals surface area (Å²) >= 11 is 0. The summed E-state index contributed by atoms with van der Waals surface area (Å²) < 4.78 is 10.4. The van der Waals surface area contributed by atoms with Crippen molar-refractivity contribution in [2.24, 2.45) is 0 Å². The zero-order chi connectivity index (χ0) is 10.7. The van der Waals surface area contributed by atoms with Gasteiger partial charge in [0.05, 0.1) is 25.9 Å². The Balaban J connectivity index is 1.88. The van der Waals surface area contributed by atoms with Crippen molar-refractivity contribution >= 4 is 0 Å². The van der Waals surface area contributed by atoms with Gasteiger partial charge < -0.3 is 14.4 Å². The predicted molar refractivity (Wildman–Crippen MR) is 51.1 cm³/mol. The van der Waals surface area contributed by atoms with Crippen LogP contribution in [0.2, 0.25) is 0 Å². The van der Waals surface area contributed by atoms with Crippen LogP contribution in [0.4, 0.5) is 0 Å². The maximum absolute atomic E-state index is 8.98. The van der Waals surface area contributed by atoms with Gasteiger partial charge in [-0.15, -0.1) is 0 Å². The Morgan fingerprint density at radius 1 is 1.60 bits per heavy atom. The van der Waals surface area contributed by atoms with Crippen molar-refractivity contribution in [2.75, 3.05) is 26.3 Å². The van der Waals surface area contributed by atoms with Gasteiger partial charge in [-0.25, -0.2) is 0 Å². The first-order chi connectivity index (χ1) is 7.28. The monoisotopic (exact) mass is 213 g/mol. The third kappa shape index (κ3) is 2.74. The maximum Gasteiger partial charge on any atom is 0.240 e. The summed E-state index contributed by atoms with van der Waals surface area (Å²) in [6, 6.07) is 0. The highest BCUT2D eigenvalue weighted by Gasteiger charge is 2.21. The van der Waals surface area contributed by atoms with E-state index in [1.165, 1.54) is 0 Å². The molecule has 6 heteroatoms. The molecule has 1 aromatic heterocycles. The number of hydrogen-bond donors (Lipinski definition) is 1. The molecule has 1 saturated heterocycles. The van der Waals surface area contributed by atoms with E-state index in [0.29, 0.717) is 31.4 Å². The fraction of sp³-hybridized carbons (Fsp3) is 0.778. The van der Waals surface area contributed by atoms with Gasteiger partial charge >= 0.3 is 0 Å². The molecule has 1 aliphatic rings. The summed E-state index contributed by atoms with van der Waals surface area (Å²) in [4.78, 5) is 6.27. The van der Waals surface area contributed by atoms with Crippen LogP contribution in [0.15, 0.2) is 4.52 Å². The second-order valence-corrected chi connectivity index (χ2v) is 3.65. The van der Waals surface area contributed by atoms with Crippen molar-refractivity contribution < 1.29 is 14.4 Å². The maximum atomic E-state index is 8.98. The van der Waals surface area contributed by atoms with Crippen LogP contribution in [0.3, 0.4) is 0 Å². The zero-order valence-electron chi connectivity index (χ0n) is 8.72. The molecule has 1 aromatic rings. The molecule has 15 heavy (non-hydrogen) atoms. The first kappa shape index (κ1) is 10.5. The normalized spacial score (nSPS) is 23.2. The quantitative estimate of drug-likeness (QED) is 0.734. The lowest BCUT2D eigenvalue weighted by Gasteiger charge is -2.30. The molecule has 1 N–H and O–H groups in total. The van der Waals surface area contributed by atoms with Gasteiger partial charge in [-0.2, -0.15) is 4.98 Å². The van der Waals surface area contributed by atoms with Gasteiger partial charge in [0.25, 0.3) is 0 Å². The summed E-state index contributed by atoms with van der Waals surface area (Å²) in [5.41, 5.74) is 0. The van der Waals surface area contributed by atoms with E-state index in [4.69, 9.17) is 14.4 Å². The minimum atomic E-state index is -0.0947. The minimum Gasteiger partial charge on any atom is -0.394 e. The summed E-state index contributed by atoms with van der Waals surface area (Å²) in [6.07, 6.45) is -0.0947. The Morgan fingerprint density at radius 2 is 2.47 bits per heavy atom. The highest BCUT2D eigenvalue weighted by Crippen LogP contribution is 2.08. The van der Waals surface area contributed by atoms with Crippen LogP contribution in [0.5, 0.6) is 0 Å². The highest BCUT2D eigenvalue weighted by molar-refractivity contribution is 4.84. The van der Waals surface area contributed by atoms with Gasteiger partial charge in [-0.3, -0.25) is 4.90 Å². The lowest BCUT2D eigenvalue weighted by atomic mass is 10.3. The fourth-order valence-electron chi connectivity index (χ4n) is 1.63. The van der Waals surface area contributed by atoms with E-state index in [1.807, 2.05) is 0 Å². The molecular weight excluding hydrogens is 198 g/mol. The van der Waals surface area contributed by atoms with Gasteiger partial charge in [0.15, 0.2) is 5.82 Å². The summed E-state index contributed by atoms with van der Waals surface area (Å²) in [5.74, 6) is 1.27. The van der Waals surface area contributed by atoms with Crippen molar-refractivity contribution in [3.8, 4) is 0 Å². The number of aryl methyl sites for hydroxylation is 1. The molecule has 0 aliphatic carbocycles. The number of morpholine rings is 1. The molecule has 0 spiro atoms. The van der Waals surface area contributed by atoms with Crippen LogP contribution in [0, 0.1) is 6.92 Å². The molecule has 6 nitrogen and oxygen atoms in total. The van der Waals surface area contributed by atoms with Crippen molar-refractivity contribution in [2.45, 2.75) is 19.6 Å². The first-order valence-corrected chi connectivity index (χ1v) is 5.02. The molecule has 2 rings (SSSR count). The topological polar surface area (TPSA) is 71.6 Å². The standard InChI is InChI=1S/C9H15N3O3/c1-7-10-9(15-11-7)5-12-2-3-14-8(4-12)6-13/h8,13H,2-6H2,1H3. The number of nitrogens with zero attached hydrogens (tertiary/aromatic N) is 3. The molecule has 2 heterocycles. The Bertz CT molecular complexity index is 315. The van der Waals surface area contributed by atoms with E-state index in [0.717, 1.165) is 6.54 Å². The van der Waals surface area contributed by atoms with E-state index in [2.05, 4.69) is 15.0 Å². The lowest BCUT2D eigenvalue weighted by molar-refractivity contribution is -0.0571. The smallest absolute Gasteiger partial charge is 0.240 e. The molecule has 84 valence electrons. The van der Waals surface area contributed by atoms with Gasteiger partial charge in [-0.1, -0.05) is 5.16 Å². The van der Waals surface area contributed by atoms with Gasteiger partial charge in [-0.05, 0) is 6.92 Å². The molecule has 0 bridgehead atoms. The van der Waals surface area contributed by atoms with Crippen LogP contribution >= 0.6 is 0 Å². The van der Waals surface area contributed by atoms with Crippen LogP contribution < -0.4 is 0 Å². The highest BCUT2D eigenvalue weighted by atomic mass is 16.5.